The van der Waals surface area contributed by atoms with E-state index in [1.807, 2.05) is 18.2 Å². The third kappa shape index (κ3) is 5.57. The average Bonchev–Trinajstić information content (AvgIpc) is 2.93. The topological polar surface area (TPSA) is 63.7 Å². The maximum atomic E-state index is 14.2. The molecule has 1 aromatic heterocycles. The van der Waals surface area contributed by atoms with Gasteiger partial charge in [0.25, 0.3) is 5.91 Å². The zero-order valence-electron chi connectivity index (χ0n) is 21.0. The minimum atomic E-state index is -0.410. The number of pyridine rings is 1. The number of carbonyl (C=O) groups excluding carboxylic acids is 1. The molecule has 0 spiro atoms. The predicted molar refractivity (Wildman–Crippen MR) is 142 cm³/mol. The van der Waals surface area contributed by atoms with Crippen LogP contribution in [0.2, 0.25) is 0 Å². The van der Waals surface area contributed by atoms with Gasteiger partial charge in [-0.15, -0.1) is 0 Å². The van der Waals surface area contributed by atoms with Gasteiger partial charge < -0.3 is 14.8 Å². The highest BCUT2D eigenvalue weighted by atomic mass is 19.1. The number of rotatable bonds is 7. The molecule has 1 aliphatic heterocycles. The third-order valence-electron chi connectivity index (χ3n) is 6.87. The monoisotopic (exact) mass is 499 g/mol. The quantitative estimate of drug-likeness (QED) is 0.366. The summed E-state index contributed by atoms with van der Waals surface area (Å²) in [5, 5.41) is 3.67. The lowest BCUT2D eigenvalue weighted by Gasteiger charge is -2.32. The van der Waals surface area contributed by atoms with Crippen LogP contribution in [0.25, 0.3) is 22.2 Å². The highest BCUT2D eigenvalue weighted by Gasteiger charge is 2.23. The van der Waals surface area contributed by atoms with Crippen molar-refractivity contribution in [2.24, 2.45) is 0 Å². The SMILES string of the molecule is COc1ccc(-c2cc(C(=O)NC3CCN(Cc4ccccc4)CC3)c3cc(F)ccc3n2)c(OC)c1. The van der Waals surface area contributed by atoms with E-state index in [-0.39, 0.29) is 11.9 Å². The van der Waals surface area contributed by atoms with E-state index >= 15 is 0 Å². The summed E-state index contributed by atoms with van der Waals surface area (Å²) in [7, 11) is 3.17. The van der Waals surface area contributed by atoms with Gasteiger partial charge in [0.1, 0.15) is 17.3 Å². The van der Waals surface area contributed by atoms with E-state index < -0.39 is 5.82 Å². The van der Waals surface area contributed by atoms with E-state index in [4.69, 9.17) is 14.5 Å². The molecular formula is C30H30FN3O3. The molecular weight excluding hydrogens is 469 g/mol. The number of aromatic nitrogens is 1. The van der Waals surface area contributed by atoms with E-state index in [9.17, 15) is 9.18 Å². The van der Waals surface area contributed by atoms with E-state index in [1.54, 1.807) is 32.4 Å². The van der Waals surface area contributed by atoms with Crippen molar-refractivity contribution in [2.45, 2.75) is 25.4 Å². The maximum absolute atomic E-state index is 14.2. The minimum Gasteiger partial charge on any atom is -0.497 e. The van der Waals surface area contributed by atoms with Gasteiger partial charge in [-0.3, -0.25) is 9.69 Å². The zero-order chi connectivity index (χ0) is 25.8. The first-order valence-corrected chi connectivity index (χ1v) is 12.4. The molecule has 190 valence electrons. The largest absolute Gasteiger partial charge is 0.497 e. The molecule has 2 heterocycles. The first kappa shape index (κ1) is 24.7. The van der Waals surface area contributed by atoms with Gasteiger partial charge in [-0.2, -0.15) is 0 Å². The van der Waals surface area contributed by atoms with Gasteiger partial charge in [-0.25, -0.2) is 9.37 Å². The smallest absolute Gasteiger partial charge is 0.252 e. The van der Waals surface area contributed by atoms with Gasteiger partial charge in [0.2, 0.25) is 0 Å². The molecule has 37 heavy (non-hydrogen) atoms. The molecule has 1 amide bonds. The first-order chi connectivity index (χ1) is 18.0. The molecule has 0 atom stereocenters. The summed E-state index contributed by atoms with van der Waals surface area (Å²) in [6, 6.07) is 21.9. The molecule has 6 nitrogen and oxygen atoms in total. The van der Waals surface area contributed by atoms with Gasteiger partial charge in [-0.05, 0) is 54.8 Å². The van der Waals surface area contributed by atoms with E-state index in [2.05, 4.69) is 34.5 Å². The van der Waals surface area contributed by atoms with E-state index in [1.165, 1.54) is 17.7 Å². The Morgan fingerprint density at radius 2 is 1.78 bits per heavy atom. The number of likely N-dealkylation sites (tertiary alicyclic amines) is 1. The first-order valence-electron chi connectivity index (χ1n) is 12.4. The van der Waals surface area contributed by atoms with Crippen molar-refractivity contribution in [3.05, 3.63) is 89.7 Å². The second-order valence-corrected chi connectivity index (χ2v) is 9.29. The Balaban J connectivity index is 1.38. The Hall–Kier alpha value is -3.97. The fourth-order valence-corrected chi connectivity index (χ4v) is 4.87. The molecule has 0 saturated carbocycles. The van der Waals surface area contributed by atoms with Crippen LogP contribution < -0.4 is 14.8 Å². The molecule has 0 radical (unpaired) electrons. The summed E-state index contributed by atoms with van der Waals surface area (Å²) in [5.41, 5.74) is 3.51. The number of ether oxygens (including phenoxy) is 2. The Kier molecular flexibility index (Phi) is 7.32. The fourth-order valence-electron chi connectivity index (χ4n) is 4.87. The summed E-state index contributed by atoms with van der Waals surface area (Å²) < 4.78 is 25.1. The van der Waals surface area contributed by atoms with Crippen molar-refractivity contribution < 1.29 is 18.7 Å². The third-order valence-corrected chi connectivity index (χ3v) is 6.87. The molecule has 0 bridgehead atoms. The van der Waals surface area contributed by atoms with Crippen molar-refractivity contribution in [1.29, 1.82) is 0 Å². The highest BCUT2D eigenvalue weighted by Crippen LogP contribution is 2.34. The summed E-state index contributed by atoms with van der Waals surface area (Å²) in [5.74, 6) is 0.589. The standard InChI is InChI=1S/C30H30FN3O3/c1-36-23-9-10-24(29(17-23)37-2)28-18-26(25-16-21(31)8-11-27(25)33-28)30(35)32-22-12-14-34(15-13-22)19-20-6-4-3-5-7-20/h3-11,16-18,22H,12-15,19H2,1-2H3,(H,32,35). The van der Waals surface area contributed by atoms with Gasteiger partial charge in [0.15, 0.2) is 0 Å². The molecule has 1 aliphatic rings. The van der Waals surface area contributed by atoms with E-state index in [0.29, 0.717) is 33.7 Å². The maximum Gasteiger partial charge on any atom is 0.252 e. The van der Waals surface area contributed by atoms with Crippen LogP contribution in [-0.2, 0) is 6.54 Å². The Morgan fingerprint density at radius 3 is 2.51 bits per heavy atom. The molecule has 3 aromatic carbocycles. The number of methoxy groups -OCH3 is 2. The predicted octanol–water partition coefficient (Wildman–Crippen LogP) is 5.45. The van der Waals surface area contributed by atoms with Gasteiger partial charge >= 0.3 is 0 Å². The number of fused-ring (bicyclic) bond motifs is 1. The number of nitrogens with one attached hydrogen (secondary N) is 1. The van der Waals surface area contributed by atoms with Crippen molar-refractivity contribution in [3.8, 4) is 22.8 Å². The lowest BCUT2D eigenvalue weighted by atomic mass is 10.0. The van der Waals surface area contributed by atoms with Crippen molar-refractivity contribution >= 4 is 16.8 Å². The fraction of sp³-hybridized carbons (Fsp3) is 0.267. The van der Waals surface area contributed by atoms with Crippen molar-refractivity contribution in [1.82, 2.24) is 15.2 Å². The molecule has 1 N–H and O–H groups in total. The Bertz CT molecular complexity index is 1400. The molecule has 7 heteroatoms. The van der Waals surface area contributed by atoms with Crippen LogP contribution in [0.1, 0.15) is 28.8 Å². The highest BCUT2D eigenvalue weighted by molar-refractivity contribution is 6.07. The second-order valence-electron chi connectivity index (χ2n) is 9.29. The Morgan fingerprint density at radius 1 is 1.00 bits per heavy atom. The molecule has 1 saturated heterocycles. The number of benzene rings is 3. The van der Waals surface area contributed by atoms with Crippen molar-refractivity contribution in [2.75, 3.05) is 27.3 Å². The number of amides is 1. The van der Waals surface area contributed by atoms with Crippen LogP contribution in [0.4, 0.5) is 4.39 Å². The molecule has 4 aromatic rings. The number of carbonyl (C=O) groups is 1. The van der Waals surface area contributed by atoms with E-state index in [0.717, 1.165) is 38.0 Å². The van der Waals surface area contributed by atoms with Crippen molar-refractivity contribution in [3.63, 3.8) is 0 Å². The second kappa shape index (κ2) is 11.0. The number of hydrogen-bond acceptors (Lipinski definition) is 5. The summed E-state index contributed by atoms with van der Waals surface area (Å²) >= 11 is 0. The number of hydrogen-bond donors (Lipinski definition) is 1. The number of nitrogens with zero attached hydrogens (tertiary/aromatic N) is 2. The van der Waals surface area contributed by atoms with Crippen LogP contribution in [0.15, 0.2) is 72.8 Å². The van der Waals surface area contributed by atoms with Gasteiger partial charge in [0, 0.05) is 42.7 Å². The number of halogens is 1. The lowest BCUT2D eigenvalue weighted by Crippen LogP contribution is -2.44. The number of piperidine rings is 1. The summed E-state index contributed by atoms with van der Waals surface area (Å²) in [6.45, 7) is 2.71. The average molecular weight is 500 g/mol. The summed E-state index contributed by atoms with van der Waals surface area (Å²) in [6.07, 6.45) is 1.71. The molecule has 1 fully saturated rings. The van der Waals surface area contributed by atoms with Crippen LogP contribution in [0.5, 0.6) is 11.5 Å². The van der Waals surface area contributed by atoms with Crippen LogP contribution >= 0.6 is 0 Å². The molecule has 0 aliphatic carbocycles. The lowest BCUT2D eigenvalue weighted by molar-refractivity contribution is 0.0910. The summed E-state index contributed by atoms with van der Waals surface area (Å²) in [4.78, 5) is 20.6. The zero-order valence-corrected chi connectivity index (χ0v) is 21.0. The van der Waals surface area contributed by atoms with Crippen LogP contribution in [0, 0.1) is 5.82 Å². The molecule has 5 rings (SSSR count). The van der Waals surface area contributed by atoms with Gasteiger partial charge in [-0.1, -0.05) is 30.3 Å². The van der Waals surface area contributed by atoms with Crippen LogP contribution in [-0.4, -0.2) is 49.1 Å². The van der Waals surface area contributed by atoms with Gasteiger partial charge in [0.05, 0.1) is 31.0 Å². The van der Waals surface area contributed by atoms with Crippen LogP contribution in [0.3, 0.4) is 0 Å². The normalized spacial score (nSPS) is 14.5. The Labute approximate surface area is 216 Å². The minimum absolute atomic E-state index is 0.0512. The molecule has 0 unspecified atom stereocenters.